The van der Waals surface area contributed by atoms with Gasteiger partial charge in [-0.25, -0.2) is 0 Å². The molecule has 0 atom stereocenters. The molecule has 3 rings (SSSR count). The first-order valence-corrected chi connectivity index (χ1v) is 9.65. The highest BCUT2D eigenvalue weighted by Crippen LogP contribution is 2.39. The van der Waals surface area contributed by atoms with E-state index in [1.165, 1.54) is 18.2 Å². The highest BCUT2D eigenvalue weighted by molar-refractivity contribution is 6.30. The van der Waals surface area contributed by atoms with E-state index in [2.05, 4.69) is 16.7 Å². The van der Waals surface area contributed by atoms with E-state index in [-0.39, 0.29) is 28.8 Å². The second kappa shape index (κ2) is 8.63. The van der Waals surface area contributed by atoms with Crippen LogP contribution in [0.25, 0.3) is 0 Å². The highest BCUT2D eigenvalue weighted by atomic mass is 35.5. The Morgan fingerprint density at radius 3 is 2.64 bits per heavy atom. The molecule has 0 radical (unpaired) electrons. The summed E-state index contributed by atoms with van der Waals surface area (Å²) in [5.41, 5.74) is 7.74. The summed E-state index contributed by atoms with van der Waals surface area (Å²) in [6.07, 6.45) is 3.81. The normalized spacial score (nSPS) is 21.7. The number of phenols is 1. The highest BCUT2D eigenvalue weighted by Gasteiger charge is 2.36. The average molecular weight is 402 g/mol. The molecule has 6 nitrogen and oxygen atoms in total. The number of rotatable bonds is 6. The van der Waals surface area contributed by atoms with Gasteiger partial charge in [0.2, 0.25) is 6.41 Å². The molecule has 0 heterocycles. The van der Waals surface area contributed by atoms with Crippen molar-refractivity contribution in [2.24, 2.45) is 5.73 Å². The van der Waals surface area contributed by atoms with Crippen LogP contribution in [-0.4, -0.2) is 30.0 Å². The molecule has 2 amide bonds. The summed E-state index contributed by atoms with van der Waals surface area (Å²) in [4.78, 5) is 23.2. The second-order valence-electron chi connectivity index (χ2n) is 7.24. The lowest BCUT2D eigenvalue weighted by molar-refractivity contribution is -0.105. The van der Waals surface area contributed by atoms with Crippen molar-refractivity contribution in [1.82, 2.24) is 5.32 Å². The SMILES string of the molecule is NCC1(c2cccc(Cl)c2)CCC(NC(=O)c2ccc(O)c(NC=O)c2)CC1. The van der Waals surface area contributed by atoms with Gasteiger partial charge >= 0.3 is 0 Å². The van der Waals surface area contributed by atoms with E-state index in [1.54, 1.807) is 0 Å². The predicted octanol–water partition coefficient (Wildman–Crippen LogP) is 3.18. The van der Waals surface area contributed by atoms with Crippen molar-refractivity contribution in [2.45, 2.75) is 37.1 Å². The molecule has 1 aliphatic carbocycles. The summed E-state index contributed by atoms with van der Waals surface area (Å²) >= 11 is 6.15. The van der Waals surface area contributed by atoms with E-state index in [0.29, 0.717) is 23.5 Å². The first kappa shape index (κ1) is 20.2. The summed E-state index contributed by atoms with van der Waals surface area (Å²) in [5.74, 6) is -0.322. The van der Waals surface area contributed by atoms with Gasteiger partial charge in [0.1, 0.15) is 5.75 Å². The van der Waals surface area contributed by atoms with Gasteiger partial charge in [-0.1, -0.05) is 23.7 Å². The first-order valence-electron chi connectivity index (χ1n) is 9.27. The van der Waals surface area contributed by atoms with Crippen LogP contribution in [0.1, 0.15) is 41.6 Å². The average Bonchev–Trinajstić information content (AvgIpc) is 2.70. The zero-order valence-corrected chi connectivity index (χ0v) is 16.2. The lowest BCUT2D eigenvalue weighted by Crippen LogP contribution is -2.45. The van der Waals surface area contributed by atoms with Crippen LogP contribution in [0.5, 0.6) is 5.75 Å². The Morgan fingerprint density at radius 1 is 1.25 bits per heavy atom. The van der Waals surface area contributed by atoms with E-state index in [1.807, 2.05) is 18.2 Å². The molecule has 0 spiro atoms. The lowest BCUT2D eigenvalue weighted by atomic mass is 9.68. The number of carbonyl (C=O) groups excluding carboxylic acids is 2. The van der Waals surface area contributed by atoms with Gasteiger partial charge in [0.05, 0.1) is 5.69 Å². The van der Waals surface area contributed by atoms with Crippen molar-refractivity contribution < 1.29 is 14.7 Å². The zero-order valence-electron chi connectivity index (χ0n) is 15.5. The van der Waals surface area contributed by atoms with E-state index in [4.69, 9.17) is 17.3 Å². The largest absolute Gasteiger partial charge is 0.506 e. The maximum absolute atomic E-state index is 12.6. The van der Waals surface area contributed by atoms with Crippen LogP contribution in [0.3, 0.4) is 0 Å². The Labute approximate surface area is 169 Å². The van der Waals surface area contributed by atoms with Crippen molar-refractivity contribution in [3.05, 3.63) is 58.6 Å². The lowest BCUT2D eigenvalue weighted by Gasteiger charge is -2.40. The minimum absolute atomic E-state index is 0.0441. The zero-order chi connectivity index (χ0) is 20.1. The maximum Gasteiger partial charge on any atom is 0.251 e. The number of nitrogens with two attached hydrogens (primary N) is 1. The quantitative estimate of drug-likeness (QED) is 0.440. The summed E-state index contributed by atoms with van der Waals surface area (Å²) in [6, 6.07) is 12.3. The number of anilines is 1. The van der Waals surface area contributed by atoms with E-state index < -0.39 is 0 Å². The van der Waals surface area contributed by atoms with Gasteiger partial charge in [-0.05, 0) is 61.6 Å². The van der Waals surface area contributed by atoms with Gasteiger partial charge in [0.15, 0.2) is 0 Å². The molecule has 2 aromatic rings. The summed E-state index contributed by atoms with van der Waals surface area (Å²) < 4.78 is 0. The molecule has 148 valence electrons. The van der Waals surface area contributed by atoms with Gasteiger partial charge in [0.25, 0.3) is 5.91 Å². The summed E-state index contributed by atoms with van der Waals surface area (Å²) in [7, 11) is 0. The minimum atomic E-state index is -0.234. The molecule has 0 bridgehead atoms. The van der Waals surface area contributed by atoms with E-state index in [0.717, 1.165) is 31.2 Å². The first-order chi connectivity index (χ1) is 13.5. The number of phenolic OH excluding ortho intramolecular Hbond substituents is 1. The number of hydrogen-bond acceptors (Lipinski definition) is 4. The molecule has 5 N–H and O–H groups in total. The van der Waals surface area contributed by atoms with Crippen LogP contribution < -0.4 is 16.4 Å². The van der Waals surface area contributed by atoms with Gasteiger partial charge in [-0.3, -0.25) is 9.59 Å². The van der Waals surface area contributed by atoms with Crippen LogP contribution in [0.2, 0.25) is 5.02 Å². The Balaban J connectivity index is 1.66. The molecule has 0 aromatic heterocycles. The number of nitrogens with one attached hydrogen (secondary N) is 2. The Kier molecular flexibility index (Phi) is 6.21. The fraction of sp³-hybridized carbons (Fsp3) is 0.333. The Bertz CT molecular complexity index is 864. The standard InChI is InChI=1S/C21H24ClN3O3/c22-16-3-1-2-15(11-16)21(12-23)8-6-17(7-9-21)25-20(28)14-4-5-19(27)18(10-14)24-13-26/h1-5,10-11,13,17,27H,6-9,12,23H2,(H,24,26)(H,25,28). The Hall–Kier alpha value is -2.57. The number of benzene rings is 2. The molecule has 28 heavy (non-hydrogen) atoms. The van der Waals surface area contributed by atoms with Gasteiger partial charge < -0.3 is 21.5 Å². The topological polar surface area (TPSA) is 104 Å². The summed E-state index contributed by atoms with van der Waals surface area (Å²) in [6.45, 7) is 0.534. The molecular formula is C21H24ClN3O3. The van der Waals surface area contributed by atoms with E-state index >= 15 is 0 Å². The number of aromatic hydroxyl groups is 1. The predicted molar refractivity (Wildman–Crippen MR) is 110 cm³/mol. The van der Waals surface area contributed by atoms with Crippen LogP contribution in [0.15, 0.2) is 42.5 Å². The van der Waals surface area contributed by atoms with Crippen molar-refractivity contribution in [2.75, 3.05) is 11.9 Å². The van der Waals surface area contributed by atoms with Gasteiger partial charge in [-0.2, -0.15) is 0 Å². The molecule has 7 heteroatoms. The monoisotopic (exact) mass is 401 g/mol. The fourth-order valence-corrected chi connectivity index (χ4v) is 4.06. The maximum atomic E-state index is 12.6. The molecule has 1 fully saturated rings. The van der Waals surface area contributed by atoms with Crippen LogP contribution in [-0.2, 0) is 10.2 Å². The third-order valence-electron chi connectivity index (χ3n) is 5.58. The van der Waals surface area contributed by atoms with Crippen LogP contribution >= 0.6 is 11.6 Å². The fourth-order valence-electron chi connectivity index (χ4n) is 3.87. The van der Waals surface area contributed by atoms with Crippen molar-refractivity contribution in [3.63, 3.8) is 0 Å². The molecule has 0 unspecified atom stereocenters. The third-order valence-corrected chi connectivity index (χ3v) is 5.81. The second-order valence-corrected chi connectivity index (χ2v) is 7.67. The molecule has 0 aliphatic heterocycles. The van der Waals surface area contributed by atoms with Crippen molar-refractivity contribution >= 4 is 29.6 Å². The molecule has 0 saturated heterocycles. The molecular weight excluding hydrogens is 378 g/mol. The smallest absolute Gasteiger partial charge is 0.251 e. The van der Waals surface area contributed by atoms with Crippen LogP contribution in [0.4, 0.5) is 5.69 Å². The van der Waals surface area contributed by atoms with Crippen molar-refractivity contribution in [1.29, 1.82) is 0 Å². The number of halogens is 1. The van der Waals surface area contributed by atoms with Gasteiger partial charge in [0, 0.05) is 28.6 Å². The van der Waals surface area contributed by atoms with Crippen LogP contribution in [0, 0.1) is 0 Å². The molecule has 1 saturated carbocycles. The van der Waals surface area contributed by atoms with E-state index in [9.17, 15) is 14.7 Å². The Morgan fingerprint density at radius 2 is 2.00 bits per heavy atom. The summed E-state index contributed by atoms with van der Waals surface area (Å²) in [5, 5.41) is 15.8. The minimum Gasteiger partial charge on any atom is -0.506 e. The number of hydrogen-bond donors (Lipinski definition) is 4. The van der Waals surface area contributed by atoms with Gasteiger partial charge in [-0.15, -0.1) is 0 Å². The molecule has 2 aromatic carbocycles. The molecule has 1 aliphatic rings. The third kappa shape index (κ3) is 4.29. The number of carbonyl (C=O) groups is 2. The van der Waals surface area contributed by atoms with Crippen molar-refractivity contribution in [3.8, 4) is 5.75 Å². The number of amides is 2.